The lowest BCUT2D eigenvalue weighted by Crippen LogP contribution is -2.38. The Morgan fingerprint density at radius 3 is 2.55 bits per heavy atom. The number of rotatable bonds is 7. The molecular weight excluding hydrogens is 519 g/mol. The number of carbonyl (C=O) groups is 2. The van der Waals surface area contributed by atoms with Gasteiger partial charge in [-0.3, -0.25) is 9.59 Å². The minimum atomic E-state index is -4.74. The molecule has 4 rings (SSSR count). The van der Waals surface area contributed by atoms with Gasteiger partial charge in [-0.1, -0.05) is 19.4 Å². The molecule has 3 heterocycles. The van der Waals surface area contributed by atoms with Crippen LogP contribution in [0.1, 0.15) is 84.6 Å². The SMILES string of the molecule is C=C1CCCCN1C(=O)c1nc(C(=O)NCC(C)(C)O)sc1-c1cnc(NC2CCCC2)cc1C(F)(F)F. The van der Waals surface area contributed by atoms with Crippen LogP contribution in [0.4, 0.5) is 19.0 Å². The first-order valence-corrected chi connectivity index (χ1v) is 13.5. The zero-order valence-electron chi connectivity index (χ0n) is 21.5. The lowest BCUT2D eigenvalue weighted by atomic mass is 10.0. The van der Waals surface area contributed by atoms with Crippen LogP contribution in [0, 0.1) is 0 Å². The fourth-order valence-electron chi connectivity index (χ4n) is 4.61. The van der Waals surface area contributed by atoms with E-state index in [1.54, 1.807) is 0 Å². The number of pyridine rings is 1. The van der Waals surface area contributed by atoms with Crippen molar-refractivity contribution in [1.29, 1.82) is 0 Å². The number of aromatic nitrogens is 2. The number of hydrogen-bond acceptors (Lipinski definition) is 7. The smallest absolute Gasteiger partial charge is 0.389 e. The fraction of sp³-hybridized carbons (Fsp3) is 0.538. The Labute approximate surface area is 223 Å². The summed E-state index contributed by atoms with van der Waals surface area (Å²) in [4.78, 5) is 36.1. The van der Waals surface area contributed by atoms with Crippen LogP contribution in [0.15, 0.2) is 24.5 Å². The monoisotopic (exact) mass is 551 g/mol. The van der Waals surface area contributed by atoms with E-state index in [0.717, 1.165) is 50.8 Å². The molecular formula is C26H32F3N5O3S. The third-order valence-corrected chi connectivity index (χ3v) is 7.68. The number of thiazole rings is 1. The highest BCUT2D eigenvalue weighted by atomic mass is 32.1. The largest absolute Gasteiger partial charge is 0.417 e. The molecule has 1 saturated carbocycles. The number of halogens is 3. The van der Waals surface area contributed by atoms with Crippen molar-refractivity contribution in [2.45, 2.75) is 76.6 Å². The van der Waals surface area contributed by atoms with Crippen molar-refractivity contribution in [2.75, 3.05) is 18.4 Å². The third kappa shape index (κ3) is 6.52. The van der Waals surface area contributed by atoms with Crippen molar-refractivity contribution < 1.29 is 27.9 Å². The predicted molar refractivity (Wildman–Crippen MR) is 139 cm³/mol. The van der Waals surface area contributed by atoms with Crippen LogP contribution in [0.2, 0.25) is 0 Å². The van der Waals surface area contributed by atoms with Crippen LogP contribution in [-0.2, 0) is 6.18 Å². The van der Waals surface area contributed by atoms with Crippen LogP contribution in [0.25, 0.3) is 10.4 Å². The molecule has 2 aromatic heterocycles. The molecule has 0 aromatic carbocycles. The zero-order chi connectivity index (χ0) is 27.7. The van der Waals surface area contributed by atoms with Gasteiger partial charge in [0.25, 0.3) is 11.8 Å². The first kappa shape index (κ1) is 28.0. The summed E-state index contributed by atoms with van der Waals surface area (Å²) in [5.74, 6) is -1.20. The number of anilines is 1. The maximum atomic E-state index is 14.3. The van der Waals surface area contributed by atoms with Gasteiger partial charge in [0, 0.05) is 36.6 Å². The second-order valence-corrected chi connectivity index (χ2v) is 11.4. The lowest BCUT2D eigenvalue weighted by Gasteiger charge is -2.28. The van der Waals surface area contributed by atoms with Gasteiger partial charge in [-0.2, -0.15) is 13.2 Å². The molecule has 1 aliphatic heterocycles. The molecule has 3 N–H and O–H groups in total. The summed E-state index contributed by atoms with van der Waals surface area (Å²) in [5, 5.41) is 15.4. The van der Waals surface area contributed by atoms with Gasteiger partial charge in [-0.25, -0.2) is 9.97 Å². The highest BCUT2D eigenvalue weighted by Gasteiger charge is 2.38. The first-order valence-electron chi connectivity index (χ1n) is 12.7. The van der Waals surface area contributed by atoms with Crippen LogP contribution < -0.4 is 10.6 Å². The number of nitrogens with zero attached hydrogens (tertiary/aromatic N) is 3. The molecule has 206 valence electrons. The number of alkyl halides is 3. The van der Waals surface area contributed by atoms with E-state index in [2.05, 4.69) is 27.2 Å². The van der Waals surface area contributed by atoms with E-state index < -0.39 is 29.2 Å². The van der Waals surface area contributed by atoms with Crippen molar-refractivity contribution >= 4 is 29.0 Å². The van der Waals surface area contributed by atoms with E-state index in [1.165, 1.54) is 18.7 Å². The van der Waals surface area contributed by atoms with Gasteiger partial charge in [0.15, 0.2) is 5.01 Å². The molecule has 0 spiro atoms. The highest BCUT2D eigenvalue weighted by Crippen LogP contribution is 2.42. The molecule has 2 amide bonds. The average Bonchev–Trinajstić information content (AvgIpc) is 3.52. The molecule has 0 bridgehead atoms. The molecule has 8 nitrogen and oxygen atoms in total. The summed E-state index contributed by atoms with van der Waals surface area (Å²) >= 11 is 0.692. The standard InChI is InChI=1S/C26H32F3N5O3S/c1-15-8-6-7-11-34(15)24(36)20-21(38-23(33-20)22(35)31-14-25(2,3)37)17-13-30-19(12-18(17)26(27,28)29)32-16-9-4-5-10-16/h12-13,16,37H,1,4-11,14H2,2-3H3,(H,30,32)(H,31,35). The number of likely N-dealkylation sites (tertiary alicyclic amines) is 1. The Kier molecular flexibility index (Phi) is 8.12. The number of nitrogens with one attached hydrogen (secondary N) is 2. The molecule has 2 fully saturated rings. The van der Waals surface area contributed by atoms with Crippen molar-refractivity contribution in [2.24, 2.45) is 0 Å². The lowest BCUT2D eigenvalue weighted by molar-refractivity contribution is -0.137. The maximum absolute atomic E-state index is 14.3. The van der Waals surface area contributed by atoms with Gasteiger partial charge in [0.2, 0.25) is 0 Å². The second kappa shape index (κ2) is 11.0. The average molecular weight is 552 g/mol. The van der Waals surface area contributed by atoms with Crippen LogP contribution in [-0.4, -0.2) is 56.5 Å². The van der Waals surface area contributed by atoms with Crippen molar-refractivity contribution in [3.05, 3.63) is 40.8 Å². The topological polar surface area (TPSA) is 107 Å². The first-order chi connectivity index (χ1) is 17.8. The molecule has 2 aromatic rings. The molecule has 38 heavy (non-hydrogen) atoms. The molecule has 0 unspecified atom stereocenters. The Morgan fingerprint density at radius 1 is 1.21 bits per heavy atom. The number of hydrogen-bond donors (Lipinski definition) is 3. The minimum absolute atomic E-state index is 0.0613. The van der Waals surface area contributed by atoms with Crippen LogP contribution in [0.5, 0.6) is 0 Å². The molecule has 2 aliphatic rings. The Balaban J connectivity index is 1.77. The zero-order valence-corrected chi connectivity index (χ0v) is 22.3. The fourth-order valence-corrected chi connectivity index (χ4v) is 5.61. The number of amides is 2. The molecule has 0 radical (unpaired) electrons. The quantitative estimate of drug-likeness (QED) is 0.436. The summed E-state index contributed by atoms with van der Waals surface area (Å²) in [6.07, 6.45) is 2.25. The number of allylic oxidation sites excluding steroid dienone is 1. The number of carbonyl (C=O) groups excluding carboxylic acids is 2. The van der Waals surface area contributed by atoms with E-state index in [0.29, 0.717) is 30.0 Å². The number of aliphatic hydroxyl groups is 1. The summed E-state index contributed by atoms with van der Waals surface area (Å²) in [6, 6.07) is 1.02. The maximum Gasteiger partial charge on any atom is 0.417 e. The van der Waals surface area contributed by atoms with Gasteiger partial charge in [0.05, 0.1) is 16.0 Å². The van der Waals surface area contributed by atoms with Gasteiger partial charge in [-0.05, 0) is 52.0 Å². The third-order valence-electron chi connectivity index (χ3n) is 6.59. The van der Waals surface area contributed by atoms with Crippen LogP contribution >= 0.6 is 11.3 Å². The summed E-state index contributed by atoms with van der Waals surface area (Å²) in [5.41, 5.74) is -2.20. The summed E-state index contributed by atoms with van der Waals surface area (Å²) < 4.78 is 42.9. The molecule has 1 aliphatic carbocycles. The highest BCUT2D eigenvalue weighted by molar-refractivity contribution is 7.17. The van der Waals surface area contributed by atoms with E-state index >= 15 is 0 Å². The van der Waals surface area contributed by atoms with Gasteiger partial charge < -0.3 is 20.6 Å². The Morgan fingerprint density at radius 2 is 1.92 bits per heavy atom. The summed E-state index contributed by atoms with van der Waals surface area (Å²) in [6.45, 7) is 7.19. The van der Waals surface area contributed by atoms with E-state index in [-0.39, 0.29) is 39.5 Å². The molecule has 12 heteroatoms. The Hall–Kier alpha value is -2.99. The van der Waals surface area contributed by atoms with E-state index in [1.807, 2.05) is 0 Å². The normalized spacial score (nSPS) is 17.1. The Bertz CT molecular complexity index is 1220. The number of piperidine rings is 1. The van der Waals surface area contributed by atoms with Gasteiger partial charge >= 0.3 is 6.18 Å². The van der Waals surface area contributed by atoms with Crippen molar-refractivity contribution in [1.82, 2.24) is 20.2 Å². The van der Waals surface area contributed by atoms with Crippen molar-refractivity contribution in [3.63, 3.8) is 0 Å². The predicted octanol–water partition coefficient (Wildman–Crippen LogP) is 5.22. The molecule has 0 atom stereocenters. The van der Waals surface area contributed by atoms with E-state index in [4.69, 9.17) is 0 Å². The van der Waals surface area contributed by atoms with E-state index in [9.17, 15) is 27.9 Å². The molecule has 1 saturated heterocycles. The minimum Gasteiger partial charge on any atom is -0.389 e. The summed E-state index contributed by atoms with van der Waals surface area (Å²) in [7, 11) is 0. The second-order valence-electron chi connectivity index (χ2n) is 10.4. The van der Waals surface area contributed by atoms with Crippen LogP contribution in [0.3, 0.4) is 0 Å². The van der Waals surface area contributed by atoms with Gasteiger partial charge in [-0.15, -0.1) is 11.3 Å². The van der Waals surface area contributed by atoms with Gasteiger partial charge in [0.1, 0.15) is 11.5 Å². The van der Waals surface area contributed by atoms with Crippen molar-refractivity contribution in [3.8, 4) is 10.4 Å².